The van der Waals surface area contributed by atoms with Crippen molar-refractivity contribution >= 4 is 30.1 Å². The third-order valence-corrected chi connectivity index (χ3v) is 4.15. The van der Waals surface area contributed by atoms with Crippen molar-refractivity contribution in [3.63, 3.8) is 0 Å². The van der Waals surface area contributed by atoms with E-state index >= 15 is 0 Å². The van der Waals surface area contributed by atoms with E-state index in [2.05, 4.69) is 37.9 Å². The average molecular weight is 295 g/mol. The number of carbonyl (C=O) groups excluding carboxylic acids is 1. The number of rotatable bonds is 5. The van der Waals surface area contributed by atoms with Crippen LogP contribution in [0.5, 0.6) is 0 Å². The Kier molecular flexibility index (Phi) is 8.31. The maximum Gasteiger partial charge on any atom is 0.232 e. The number of hydrogen-bond donors (Lipinski definition) is 1. The van der Waals surface area contributed by atoms with Gasteiger partial charge in [-0.25, -0.2) is 0 Å². The van der Waals surface area contributed by atoms with Crippen LogP contribution in [-0.4, -0.2) is 47.0 Å². The lowest BCUT2D eigenvalue weighted by molar-refractivity contribution is -0.130. The van der Waals surface area contributed by atoms with Crippen LogP contribution in [0.3, 0.4) is 0 Å². The molecule has 0 aromatic heterocycles. The van der Waals surface area contributed by atoms with E-state index in [9.17, 15) is 4.79 Å². The van der Waals surface area contributed by atoms with E-state index in [1.54, 1.807) is 11.8 Å². The smallest absolute Gasteiger partial charge is 0.232 e. The molecule has 1 atom stereocenters. The van der Waals surface area contributed by atoms with Gasteiger partial charge in [0.1, 0.15) is 0 Å². The van der Waals surface area contributed by atoms with Gasteiger partial charge in [-0.05, 0) is 19.4 Å². The molecular weight excluding hydrogens is 268 g/mol. The molecule has 1 rings (SSSR count). The van der Waals surface area contributed by atoms with E-state index in [-0.39, 0.29) is 17.2 Å². The van der Waals surface area contributed by atoms with Crippen molar-refractivity contribution in [1.82, 2.24) is 10.2 Å². The van der Waals surface area contributed by atoms with Gasteiger partial charge < -0.3 is 10.2 Å². The number of halogens is 1. The van der Waals surface area contributed by atoms with Gasteiger partial charge in [0.15, 0.2) is 0 Å². The van der Waals surface area contributed by atoms with Gasteiger partial charge in [0.25, 0.3) is 0 Å². The third-order valence-electron chi connectivity index (χ3n) is 2.89. The molecule has 108 valence electrons. The zero-order valence-electron chi connectivity index (χ0n) is 12.0. The van der Waals surface area contributed by atoms with Crippen LogP contribution in [0.2, 0.25) is 0 Å². The molecule has 1 aliphatic rings. The Balaban J connectivity index is 0.00000289. The number of nitrogens with zero attached hydrogens (tertiary/aromatic N) is 1. The molecule has 1 fully saturated rings. The summed E-state index contributed by atoms with van der Waals surface area (Å²) in [6.45, 7) is 11.5. The van der Waals surface area contributed by atoms with Gasteiger partial charge in [-0.3, -0.25) is 4.79 Å². The predicted octanol–water partition coefficient (Wildman–Crippen LogP) is 2.54. The number of carbonyl (C=O) groups is 1. The fourth-order valence-corrected chi connectivity index (χ4v) is 2.74. The van der Waals surface area contributed by atoms with Gasteiger partial charge in [-0.15, -0.1) is 24.2 Å². The molecular formula is C13H27ClN2OS. The quantitative estimate of drug-likeness (QED) is 0.846. The van der Waals surface area contributed by atoms with Crippen molar-refractivity contribution in [2.24, 2.45) is 0 Å². The van der Waals surface area contributed by atoms with Gasteiger partial charge in [0.05, 0.1) is 5.75 Å². The van der Waals surface area contributed by atoms with Crippen molar-refractivity contribution in [3.8, 4) is 0 Å². The average Bonchev–Trinajstić information content (AvgIpc) is 2.74. The minimum absolute atomic E-state index is 0. The molecule has 18 heavy (non-hydrogen) atoms. The Hall–Kier alpha value is 0.0700. The third kappa shape index (κ3) is 6.30. The van der Waals surface area contributed by atoms with Crippen molar-refractivity contribution < 1.29 is 4.79 Å². The highest BCUT2D eigenvalue weighted by molar-refractivity contribution is 8.01. The number of thioether (sulfide) groups is 1. The van der Waals surface area contributed by atoms with Crippen molar-refractivity contribution in [3.05, 3.63) is 0 Å². The molecule has 1 amide bonds. The van der Waals surface area contributed by atoms with E-state index in [1.165, 1.54) is 0 Å². The van der Waals surface area contributed by atoms with Crippen molar-refractivity contribution in [2.75, 3.05) is 25.4 Å². The highest BCUT2D eigenvalue weighted by Crippen LogP contribution is 2.24. The molecule has 0 bridgehead atoms. The normalized spacial score (nSPS) is 19.4. The molecule has 3 nitrogen and oxygen atoms in total. The predicted molar refractivity (Wildman–Crippen MR) is 82.7 cm³/mol. The van der Waals surface area contributed by atoms with Gasteiger partial charge in [-0.2, -0.15) is 0 Å². The van der Waals surface area contributed by atoms with E-state index in [0.29, 0.717) is 17.7 Å². The highest BCUT2D eigenvalue weighted by atomic mass is 35.5. The lowest BCUT2D eigenvalue weighted by Crippen LogP contribution is -2.43. The fraction of sp³-hybridized carbons (Fsp3) is 0.923. The van der Waals surface area contributed by atoms with Gasteiger partial charge in [-0.1, -0.05) is 27.7 Å². The van der Waals surface area contributed by atoms with Crippen molar-refractivity contribution in [1.29, 1.82) is 0 Å². The first-order chi connectivity index (χ1) is 7.94. The van der Waals surface area contributed by atoms with E-state index in [0.717, 1.165) is 32.5 Å². The summed E-state index contributed by atoms with van der Waals surface area (Å²) in [5, 5.41) is 3.34. The number of nitrogens with one attached hydrogen (secondary N) is 1. The number of hydrogen-bond acceptors (Lipinski definition) is 3. The van der Waals surface area contributed by atoms with Crippen LogP contribution in [0.4, 0.5) is 0 Å². The van der Waals surface area contributed by atoms with Crippen LogP contribution < -0.4 is 5.32 Å². The molecule has 1 heterocycles. The molecule has 1 saturated heterocycles. The second-order valence-corrected chi connectivity index (χ2v) is 7.44. The first-order valence-corrected chi connectivity index (χ1v) is 7.56. The maximum absolute atomic E-state index is 12.2. The SMILES string of the molecule is CCCN(C(=O)CSC(C)(C)C)C1CCNC1.Cl. The molecule has 1 aliphatic heterocycles. The van der Waals surface area contributed by atoms with Crippen LogP contribution >= 0.6 is 24.2 Å². The van der Waals surface area contributed by atoms with E-state index in [4.69, 9.17) is 0 Å². The number of amides is 1. The molecule has 0 aromatic carbocycles. The summed E-state index contributed by atoms with van der Waals surface area (Å²) in [4.78, 5) is 14.3. The van der Waals surface area contributed by atoms with Gasteiger partial charge in [0.2, 0.25) is 5.91 Å². The standard InChI is InChI=1S/C13H26N2OS.ClH/c1-5-8-15(11-6-7-14-9-11)12(16)10-17-13(2,3)4;/h11,14H,5-10H2,1-4H3;1H. The summed E-state index contributed by atoms with van der Waals surface area (Å²) in [6.07, 6.45) is 2.15. The summed E-state index contributed by atoms with van der Waals surface area (Å²) in [5.74, 6) is 0.917. The van der Waals surface area contributed by atoms with Gasteiger partial charge >= 0.3 is 0 Å². The fourth-order valence-electron chi connectivity index (χ4n) is 2.02. The minimum atomic E-state index is 0. The highest BCUT2D eigenvalue weighted by Gasteiger charge is 2.26. The molecule has 1 N–H and O–H groups in total. The van der Waals surface area contributed by atoms with E-state index in [1.807, 2.05) is 0 Å². The van der Waals surface area contributed by atoms with Crippen LogP contribution in [0.1, 0.15) is 40.5 Å². The largest absolute Gasteiger partial charge is 0.338 e. The Morgan fingerprint density at radius 2 is 2.11 bits per heavy atom. The zero-order valence-corrected chi connectivity index (χ0v) is 13.6. The lowest BCUT2D eigenvalue weighted by Gasteiger charge is -2.29. The molecule has 5 heteroatoms. The van der Waals surface area contributed by atoms with Crippen molar-refractivity contribution in [2.45, 2.75) is 51.3 Å². The zero-order chi connectivity index (χ0) is 12.9. The van der Waals surface area contributed by atoms with Crippen LogP contribution in [0.25, 0.3) is 0 Å². The van der Waals surface area contributed by atoms with E-state index < -0.39 is 0 Å². The molecule has 0 spiro atoms. The van der Waals surface area contributed by atoms with Crippen LogP contribution in [-0.2, 0) is 4.79 Å². The van der Waals surface area contributed by atoms with Crippen LogP contribution in [0, 0.1) is 0 Å². The Bertz CT molecular complexity index is 250. The minimum Gasteiger partial charge on any atom is -0.338 e. The summed E-state index contributed by atoms with van der Waals surface area (Å²) in [6, 6.07) is 0.419. The second-order valence-electron chi connectivity index (χ2n) is 5.63. The molecule has 0 aromatic rings. The summed E-state index contributed by atoms with van der Waals surface area (Å²) < 4.78 is 0.168. The van der Waals surface area contributed by atoms with Crippen LogP contribution in [0.15, 0.2) is 0 Å². The molecule has 1 unspecified atom stereocenters. The molecule has 0 aliphatic carbocycles. The topological polar surface area (TPSA) is 32.3 Å². The first kappa shape index (κ1) is 18.1. The monoisotopic (exact) mass is 294 g/mol. The van der Waals surface area contributed by atoms with Gasteiger partial charge in [0, 0.05) is 23.9 Å². The first-order valence-electron chi connectivity index (χ1n) is 6.58. The Morgan fingerprint density at radius 1 is 1.44 bits per heavy atom. The molecule has 0 radical (unpaired) electrons. The lowest BCUT2D eigenvalue weighted by atomic mass is 10.2. The maximum atomic E-state index is 12.2. The Morgan fingerprint density at radius 3 is 2.56 bits per heavy atom. The molecule has 0 saturated carbocycles. The summed E-state index contributed by atoms with van der Waals surface area (Å²) in [7, 11) is 0. The second kappa shape index (κ2) is 8.28. The summed E-state index contributed by atoms with van der Waals surface area (Å²) in [5.41, 5.74) is 0. The Labute approximate surface area is 122 Å². The summed E-state index contributed by atoms with van der Waals surface area (Å²) >= 11 is 1.74.